The minimum absolute atomic E-state index is 0. The Labute approximate surface area is 179 Å². The van der Waals surface area contributed by atoms with Crippen LogP contribution < -0.4 is 0 Å². The Bertz CT molecular complexity index is 983. The molecule has 2 atom stereocenters. The first-order valence-electron chi connectivity index (χ1n) is 7.89. The van der Waals surface area contributed by atoms with Crippen molar-refractivity contribution in [2.24, 2.45) is 8.73 Å². The SMILES string of the molecule is C.Cc1ccc(CS(C)(=O)=NC#N)cn1.Cc1ccc(CS(C)=NC#N)cn1.[B]. The van der Waals surface area contributed by atoms with Crippen molar-refractivity contribution in [2.45, 2.75) is 32.8 Å². The number of rotatable bonds is 4. The second kappa shape index (κ2) is 14.4. The summed E-state index contributed by atoms with van der Waals surface area (Å²) >= 11 is 0. The number of nitriles is 2. The summed E-state index contributed by atoms with van der Waals surface area (Å²) in [7, 11) is -2.63. The Morgan fingerprint density at radius 3 is 1.97 bits per heavy atom. The average molecular weight is 429 g/mol. The van der Waals surface area contributed by atoms with Crippen LogP contribution in [-0.4, -0.2) is 35.1 Å². The van der Waals surface area contributed by atoms with Crippen LogP contribution in [0.5, 0.6) is 0 Å². The van der Waals surface area contributed by atoms with Gasteiger partial charge in [0.2, 0.25) is 12.4 Å². The van der Waals surface area contributed by atoms with Crippen molar-refractivity contribution in [1.82, 2.24) is 9.97 Å². The van der Waals surface area contributed by atoms with Crippen LogP contribution in [0.2, 0.25) is 0 Å². The van der Waals surface area contributed by atoms with Gasteiger partial charge in [0, 0.05) is 44.2 Å². The van der Waals surface area contributed by atoms with Gasteiger partial charge in [-0.3, -0.25) is 9.97 Å². The lowest BCUT2D eigenvalue weighted by Gasteiger charge is -2.01. The molecule has 29 heavy (non-hydrogen) atoms. The second-order valence-electron chi connectivity index (χ2n) is 5.85. The molecule has 2 aromatic heterocycles. The zero-order chi connectivity index (χ0) is 20.3. The molecule has 2 unspecified atom stereocenters. The lowest BCUT2D eigenvalue weighted by atomic mass is 10.3. The maximum absolute atomic E-state index is 11.6. The molecule has 0 bridgehead atoms. The van der Waals surface area contributed by atoms with Gasteiger partial charge in [-0.1, -0.05) is 30.3 Å². The molecule has 3 radical (unpaired) electrons. The molecule has 0 amide bonds. The predicted molar refractivity (Wildman–Crippen MR) is 121 cm³/mol. The topological polar surface area (TPSA) is 115 Å². The van der Waals surface area contributed by atoms with E-state index in [2.05, 4.69) is 18.7 Å². The van der Waals surface area contributed by atoms with E-state index in [1.54, 1.807) is 12.4 Å². The zero-order valence-corrected chi connectivity index (χ0v) is 18.0. The summed E-state index contributed by atoms with van der Waals surface area (Å²) < 4.78 is 18.8. The van der Waals surface area contributed by atoms with Crippen LogP contribution in [0.3, 0.4) is 0 Å². The van der Waals surface area contributed by atoms with Gasteiger partial charge in [0.15, 0.2) is 0 Å². The highest BCUT2D eigenvalue weighted by atomic mass is 32.2. The van der Waals surface area contributed by atoms with Crippen molar-refractivity contribution in [3.8, 4) is 12.4 Å². The lowest BCUT2D eigenvalue weighted by Crippen LogP contribution is -2.01. The summed E-state index contributed by atoms with van der Waals surface area (Å²) in [6.45, 7) is 3.84. The normalized spacial score (nSPS) is 12.3. The lowest BCUT2D eigenvalue weighted by molar-refractivity contribution is 0.680. The van der Waals surface area contributed by atoms with E-state index in [1.807, 2.05) is 56.8 Å². The minimum atomic E-state index is -2.42. The highest BCUT2D eigenvalue weighted by Crippen LogP contribution is 2.06. The van der Waals surface area contributed by atoms with E-state index < -0.39 is 9.73 Å². The van der Waals surface area contributed by atoms with Gasteiger partial charge in [-0.15, -0.1) is 4.36 Å². The third kappa shape index (κ3) is 12.5. The quantitative estimate of drug-likeness (QED) is 0.545. The standard InChI is InChI=1S/C9H11N3OS.C9H11N3S.CH4.B/c1-8-3-4-9(5-11-8)6-14(2,13)12-7-10;1-8-3-4-9(5-11-8)6-13(2)12-7-10;;/h3-5H,6H2,1-2H3;3-5H,6H2,1-2H3;1H4;. The van der Waals surface area contributed by atoms with Crippen LogP contribution in [0.4, 0.5) is 0 Å². The summed E-state index contributed by atoms with van der Waals surface area (Å²) in [5.41, 5.74) is 3.89. The summed E-state index contributed by atoms with van der Waals surface area (Å²) in [6, 6.07) is 7.69. The molecule has 0 saturated heterocycles. The molecule has 0 aliphatic heterocycles. The molecule has 10 heteroatoms. The van der Waals surface area contributed by atoms with Crippen molar-refractivity contribution in [3.05, 3.63) is 59.2 Å². The fourth-order valence-electron chi connectivity index (χ4n) is 1.94. The number of aryl methyl sites for hydroxylation is 2. The van der Waals surface area contributed by atoms with Gasteiger partial charge < -0.3 is 0 Å². The second-order valence-corrected chi connectivity index (χ2v) is 9.91. The van der Waals surface area contributed by atoms with E-state index in [-0.39, 0.29) is 32.3 Å². The van der Waals surface area contributed by atoms with Crippen molar-refractivity contribution in [3.63, 3.8) is 0 Å². The Balaban J connectivity index is 0. The summed E-state index contributed by atoms with van der Waals surface area (Å²) in [5.74, 6) is 1.08. The van der Waals surface area contributed by atoms with E-state index in [4.69, 9.17) is 10.5 Å². The van der Waals surface area contributed by atoms with Crippen LogP contribution in [0.15, 0.2) is 45.4 Å². The predicted octanol–water partition coefficient (Wildman–Crippen LogP) is 3.53. The van der Waals surface area contributed by atoms with Crippen LogP contribution in [0.25, 0.3) is 0 Å². The molecular formula is C19H26BN6OS2. The molecule has 0 saturated carbocycles. The number of hydrogen-bond donors (Lipinski definition) is 0. The van der Waals surface area contributed by atoms with E-state index in [0.29, 0.717) is 0 Å². The van der Waals surface area contributed by atoms with Gasteiger partial charge in [0.05, 0.1) is 15.5 Å². The average Bonchev–Trinajstić information content (AvgIpc) is 2.59. The van der Waals surface area contributed by atoms with Crippen molar-refractivity contribution >= 4 is 28.8 Å². The number of hydrogen-bond acceptors (Lipinski definition) is 7. The third-order valence-corrected chi connectivity index (χ3v) is 5.67. The third-order valence-electron chi connectivity index (χ3n) is 3.19. The first-order valence-corrected chi connectivity index (χ1v) is 11.7. The summed E-state index contributed by atoms with van der Waals surface area (Å²) in [6.07, 6.45) is 10.3. The van der Waals surface area contributed by atoms with Crippen LogP contribution in [0.1, 0.15) is 29.9 Å². The Morgan fingerprint density at radius 2 is 1.55 bits per heavy atom. The zero-order valence-electron chi connectivity index (χ0n) is 16.4. The maximum atomic E-state index is 11.6. The van der Waals surface area contributed by atoms with Crippen LogP contribution in [-0.2, 0) is 31.9 Å². The maximum Gasteiger partial charge on any atom is 0.214 e. The fourth-order valence-corrected chi connectivity index (χ4v) is 3.82. The van der Waals surface area contributed by atoms with Gasteiger partial charge in [-0.05, 0) is 43.4 Å². The van der Waals surface area contributed by atoms with Crippen molar-refractivity contribution in [2.75, 3.05) is 12.5 Å². The minimum Gasteiger partial charge on any atom is -0.261 e. The Hall–Kier alpha value is -2.56. The smallest absolute Gasteiger partial charge is 0.214 e. The van der Waals surface area contributed by atoms with E-state index in [1.165, 1.54) is 6.26 Å². The molecular weight excluding hydrogens is 403 g/mol. The molecule has 0 aromatic carbocycles. The fraction of sp³-hybridized carbons (Fsp3) is 0.368. The first kappa shape index (κ1) is 28.7. The molecule has 7 nitrogen and oxygen atoms in total. The number of pyridine rings is 2. The molecule has 0 spiro atoms. The largest absolute Gasteiger partial charge is 0.261 e. The van der Waals surface area contributed by atoms with Gasteiger partial charge in [-0.25, -0.2) is 4.21 Å². The molecule has 0 fully saturated rings. The first-order chi connectivity index (χ1) is 12.8. The van der Waals surface area contributed by atoms with Crippen LogP contribution >= 0.6 is 0 Å². The van der Waals surface area contributed by atoms with Gasteiger partial charge in [0.1, 0.15) is 0 Å². The molecule has 0 aliphatic carbocycles. The highest BCUT2D eigenvalue weighted by Gasteiger charge is 2.03. The van der Waals surface area contributed by atoms with Crippen molar-refractivity contribution in [1.29, 1.82) is 10.5 Å². The van der Waals surface area contributed by atoms with Gasteiger partial charge in [-0.2, -0.15) is 14.9 Å². The molecule has 0 aliphatic rings. The summed E-state index contributed by atoms with van der Waals surface area (Å²) in [5, 5.41) is 16.6. The van der Waals surface area contributed by atoms with Crippen molar-refractivity contribution < 1.29 is 4.21 Å². The molecule has 153 valence electrons. The van der Waals surface area contributed by atoms with E-state index in [9.17, 15) is 4.21 Å². The number of aromatic nitrogens is 2. The van der Waals surface area contributed by atoms with Gasteiger partial charge >= 0.3 is 0 Å². The van der Waals surface area contributed by atoms with Crippen LogP contribution in [0, 0.1) is 36.8 Å². The monoisotopic (exact) mass is 429 g/mol. The van der Waals surface area contributed by atoms with E-state index in [0.717, 1.165) is 28.3 Å². The Morgan fingerprint density at radius 1 is 1.03 bits per heavy atom. The molecule has 0 N–H and O–H groups in total. The Kier molecular flexibility index (Phi) is 14.3. The molecule has 2 rings (SSSR count). The highest BCUT2D eigenvalue weighted by molar-refractivity contribution is 7.92. The molecule has 2 heterocycles. The van der Waals surface area contributed by atoms with E-state index >= 15 is 0 Å². The molecule has 2 aromatic rings. The summed E-state index contributed by atoms with van der Waals surface area (Å²) in [4.78, 5) is 8.25. The number of nitrogens with zero attached hydrogens (tertiary/aromatic N) is 6. The van der Waals surface area contributed by atoms with Gasteiger partial charge in [0.25, 0.3) is 0 Å².